The lowest BCUT2D eigenvalue weighted by molar-refractivity contribution is 0.292. The first-order valence-electron chi connectivity index (χ1n) is 4.42. The van der Waals surface area contributed by atoms with Crippen LogP contribution < -0.4 is 5.32 Å². The van der Waals surface area contributed by atoms with Crippen LogP contribution in [0.2, 0.25) is 0 Å². The number of aliphatic hydroxyl groups is 1. The minimum Gasteiger partial charge on any atom is -0.396 e. The zero-order chi connectivity index (χ0) is 9.80. The van der Waals surface area contributed by atoms with E-state index in [1.807, 2.05) is 12.1 Å². The number of aliphatic hydroxyl groups excluding tert-OH is 1. The molecule has 0 radical (unpaired) electrons. The van der Waals surface area contributed by atoms with E-state index in [1.54, 1.807) is 10.8 Å². The number of nitrogens with one attached hydrogen (secondary N) is 1. The Bertz CT molecular complexity index is 413. The Balaban J connectivity index is 2.10. The van der Waals surface area contributed by atoms with Gasteiger partial charge in [-0.3, -0.25) is 0 Å². The highest BCUT2D eigenvalue weighted by atomic mass is 16.3. The Morgan fingerprint density at radius 1 is 1.43 bits per heavy atom. The summed E-state index contributed by atoms with van der Waals surface area (Å²) < 4.78 is 1.60. The van der Waals surface area contributed by atoms with Crippen molar-refractivity contribution in [2.75, 3.05) is 18.5 Å². The van der Waals surface area contributed by atoms with Gasteiger partial charge in [0.1, 0.15) is 12.1 Å². The Labute approximate surface area is 80.6 Å². The summed E-state index contributed by atoms with van der Waals surface area (Å²) >= 11 is 0. The van der Waals surface area contributed by atoms with Gasteiger partial charge in [0.25, 0.3) is 0 Å². The molecule has 6 nitrogen and oxygen atoms in total. The second-order valence-corrected chi connectivity index (χ2v) is 2.86. The lowest BCUT2D eigenvalue weighted by Crippen LogP contribution is -2.06. The minimum atomic E-state index is 0.182. The molecular weight excluding hydrogens is 182 g/mol. The molecule has 0 unspecified atom stereocenters. The van der Waals surface area contributed by atoms with Crippen LogP contribution in [0.4, 0.5) is 5.82 Å². The zero-order valence-electron chi connectivity index (χ0n) is 7.59. The van der Waals surface area contributed by atoms with Gasteiger partial charge in [0, 0.05) is 13.2 Å². The predicted molar refractivity (Wildman–Crippen MR) is 51.0 cm³/mol. The van der Waals surface area contributed by atoms with Gasteiger partial charge in [0.2, 0.25) is 0 Å². The van der Waals surface area contributed by atoms with Crippen LogP contribution >= 0.6 is 0 Å². The van der Waals surface area contributed by atoms with Gasteiger partial charge < -0.3 is 10.4 Å². The molecule has 0 aromatic carbocycles. The van der Waals surface area contributed by atoms with Gasteiger partial charge in [-0.05, 0) is 18.6 Å². The molecule has 0 aliphatic heterocycles. The van der Waals surface area contributed by atoms with E-state index in [4.69, 9.17) is 5.11 Å². The number of hydrogen-bond donors (Lipinski definition) is 2. The summed E-state index contributed by atoms with van der Waals surface area (Å²) in [5.74, 6) is 0.755. The average Bonchev–Trinajstić information content (AvgIpc) is 2.65. The van der Waals surface area contributed by atoms with Crippen LogP contribution in [-0.4, -0.2) is 38.1 Å². The van der Waals surface area contributed by atoms with E-state index in [-0.39, 0.29) is 6.61 Å². The molecule has 2 N–H and O–H groups in total. The highest BCUT2D eigenvalue weighted by molar-refractivity contribution is 5.42. The van der Waals surface area contributed by atoms with Crippen LogP contribution in [0.1, 0.15) is 6.42 Å². The first kappa shape index (κ1) is 8.89. The molecule has 0 saturated carbocycles. The lowest BCUT2D eigenvalue weighted by atomic mass is 10.4. The van der Waals surface area contributed by atoms with Gasteiger partial charge in [-0.15, -0.1) is 15.3 Å². The van der Waals surface area contributed by atoms with Crippen molar-refractivity contribution in [2.45, 2.75) is 6.42 Å². The molecule has 2 rings (SSSR count). The van der Waals surface area contributed by atoms with Crippen molar-refractivity contribution >= 4 is 11.5 Å². The fraction of sp³-hybridized carbons (Fsp3) is 0.375. The largest absolute Gasteiger partial charge is 0.396 e. The molecule has 2 aromatic heterocycles. The summed E-state index contributed by atoms with van der Waals surface area (Å²) in [7, 11) is 0. The van der Waals surface area contributed by atoms with E-state index < -0.39 is 0 Å². The van der Waals surface area contributed by atoms with Crippen LogP contribution in [0.3, 0.4) is 0 Å². The molecular formula is C8H11N5O. The average molecular weight is 193 g/mol. The fourth-order valence-electron chi connectivity index (χ4n) is 1.12. The van der Waals surface area contributed by atoms with Gasteiger partial charge in [-0.1, -0.05) is 0 Å². The monoisotopic (exact) mass is 193 g/mol. The first-order valence-corrected chi connectivity index (χ1v) is 4.42. The Kier molecular flexibility index (Phi) is 2.55. The molecule has 0 amide bonds. The van der Waals surface area contributed by atoms with E-state index in [0.717, 1.165) is 11.5 Å². The normalized spacial score (nSPS) is 10.6. The summed E-state index contributed by atoms with van der Waals surface area (Å²) in [5, 5.41) is 23.4. The minimum absolute atomic E-state index is 0.182. The third kappa shape index (κ3) is 1.80. The van der Waals surface area contributed by atoms with E-state index in [2.05, 4.69) is 20.6 Å². The third-order valence-electron chi connectivity index (χ3n) is 1.80. The van der Waals surface area contributed by atoms with Gasteiger partial charge in [0.15, 0.2) is 5.65 Å². The SMILES string of the molecule is OCCCNc1ccc2nncn2n1. The van der Waals surface area contributed by atoms with Crippen molar-refractivity contribution in [2.24, 2.45) is 0 Å². The van der Waals surface area contributed by atoms with E-state index in [1.165, 1.54) is 0 Å². The molecule has 74 valence electrons. The molecule has 0 bridgehead atoms. The molecule has 14 heavy (non-hydrogen) atoms. The number of aromatic nitrogens is 4. The second-order valence-electron chi connectivity index (χ2n) is 2.86. The van der Waals surface area contributed by atoms with E-state index in [0.29, 0.717) is 13.0 Å². The molecule has 0 fully saturated rings. The molecule has 0 saturated heterocycles. The summed E-state index contributed by atoms with van der Waals surface area (Å²) in [5.41, 5.74) is 0.720. The van der Waals surface area contributed by atoms with E-state index in [9.17, 15) is 0 Å². The van der Waals surface area contributed by atoms with Crippen LogP contribution in [-0.2, 0) is 0 Å². The van der Waals surface area contributed by atoms with Crippen LogP contribution in [0, 0.1) is 0 Å². The summed E-state index contributed by atoms with van der Waals surface area (Å²) in [6.45, 7) is 0.888. The lowest BCUT2D eigenvalue weighted by Gasteiger charge is -2.03. The highest BCUT2D eigenvalue weighted by Crippen LogP contribution is 2.03. The van der Waals surface area contributed by atoms with Gasteiger partial charge >= 0.3 is 0 Å². The number of hydrogen-bond acceptors (Lipinski definition) is 5. The summed E-state index contributed by atoms with van der Waals surface area (Å²) in [4.78, 5) is 0. The van der Waals surface area contributed by atoms with Crippen molar-refractivity contribution in [3.63, 3.8) is 0 Å². The van der Waals surface area contributed by atoms with Crippen molar-refractivity contribution < 1.29 is 5.11 Å². The fourth-order valence-corrected chi connectivity index (χ4v) is 1.12. The van der Waals surface area contributed by atoms with Crippen molar-refractivity contribution in [3.8, 4) is 0 Å². The van der Waals surface area contributed by atoms with Crippen molar-refractivity contribution in [3.05, 3.63) is 18.5 Å². The molecule has 2 heterocycles. The third-order valence-corrected chi connectivity index (χ3v) is 1.80. The van der Waals surface area contributed by atoms with Gasteiger partial charge in [0.05, 0.1) is 0 Å². The Morgan fingerprint density at radius 3 is 3.21 bits per heavy atom. The second kappa shape index (κ2) is 4.01. The summed E-state index contributed by atoms with van der Waals surface area (Å²) in [6, 6.07) is 3.67. The van der Waals surface area contributed by atoms with Crippen molar-refractivity contribution in [1.82, 2.24) is 19.8 Å². The maximum atomic E-state index is 8.60. The number of nitrogens with zero attached hydrogens (tertiary/aromatic N) is 4. The standard InChI is InChI=1S/C8H11N5O/c14-5-1-4-9-7-2-3-8-11-10-6-13(8)12-7/h2-3,6,14H,1,4-5H2,(H,9,12). The molecule has 0 spiro atoms. The number of fused-ring (bicyclic) bond motifs is 1. The maximum absolute atomic E-state index is 8.60. The van der Waals surface area contributed by atoms with Crippen LogP contribution in [0.5, 0.6) is 0 Å². The quantitative estimate of drug-likeness (QED) is 0.664. The van der Waals surface area contributed by atoms with Crippen LogP contribution in [0.15, 0.2) is 18.5 Å². The predicted octanol–water partition coefficient (Wildman–Crippen LogP) is -0.0814. The maximum Gasteiger partial charge on any atom is 0.177 e. The summed E-state index contributed by atoms with van der Waals surface area (Å²) in [6.07, 6.45) is 2.26. The Hall–Kier alpha value is -1.69. The molecule has 6 heteroatoms. The smallest absolute Gasteiger partial charge is 0.177 e. The highest BCUT2D eigenvalue weighted by Gasteiger charge is 1.97. The first-order chi connectivity index (χ1) is 6.90. The number of rotatable bonds is 4. The molecule has 2 aromatic rings. The van der Waals surface area contributed by atoms with E-state index >= 15 is 0 Å². The topological polar surface area (TPSA) is 75.3 Å². The zero-order valence-corrected chi connectivity index (χ0v) is 7.59. The molecule has 0 atom stereocenters. The van der Waals surface area contributed by atoms with Gasteiger partial charge in [-0.2, -0.15) is 4.52 Å². The van der Waals surface area contributed by atoms with Crippen molar-refractivity contribution in [1.29, 1.82) is 0 Å². The van der Waals surface area contributed by atoms with Crippen LogP contribution in [0.25, 0.3) is 5.65 Å². The molecule has 0 aliphatic rings. The van der Waals surface area contributed by atoms with Gasteiger partial charge in [-0.25, -0.2) is 0 Å². The number of anilines is 1. The Morgan fingerprint density at radius 2 is 2.36 bits per heavy atom. The molecule has 0 aliphatic carbocycles.